The minimum atomic E-state index is -1.11. The predicted octanol–water partition coefficient (Wildman–Crippen LogP) is -0.230. The Kier molecular flexibility index (Phi) is 7.78. The van der Waals surface area contributed by atoms with Gasteiger partial charge in [-0.1, -0.05) is 34.6 Å². The molecule has 180 valence electrons. The molecule has 1 aromatic heterocycles. The van der Waals surface area contributed by atoms with Gasteiger partial charge in [-0.15, -0.1) is 0 Å². The number of aromatic nitrogens is 2. The Balaban J connectivity index is 1.47. The van der Waals surface area contributed by atoms with Gasteiger partial charge in [-0.25, -0.2) is 4.68 Å². The maximum atomic E-state index is 13.0. The molecule has 7 nitrogen and oxygen atoms in total. The van der Waals surface area contributed by atoms with Gasteiger partial charge < -0.3 is 15.5 Å². The van der Waals surface area contributed by atoms with Crippen LogP contribution in [0, 0.1) is 12.8 Å². The number of carbonyl (C=O) groups excluding carboxylic acids is 1. The third-order valence-corrected chi connectivity index (χ3v) is 7.03. The molecule has 2 aromatic carbocycles. The first-order valence-corrected chi connectivity index (χ1v) is 12.0. The molecule has 3 N–H and O–H groups in total. The average Bonchev–Trinajstić information content (AvgIpc) is 3.26. The molecule has 10 heteroatoms. The number of nitrogens with one attached hydrogen (secondary N) is 1. The lowest BCUT2D eigenvalue weighted by Crippen LogP contribution is -2.48. The molecule has 1 amide bonds. The number of nitrogens with zero attached hydrogens (tertiary/aromatic N) is 3. The molecule has 0 bridgehead atoms. The quantitative estimate of drug-likeness (QED) is 0.409. The van der Waals surface area contributed by atoms with Crippen molar-refractivity contribution in [1.82, 2.24) is 14.7 Å². The van der Waals surface area contributed by atoms with Crippen molar-refractivity contribution in [1.29, 1.82) is 0 Å². The van der Waals surface area contributed by atoms with E-state index in [2.05, 4.69) is 15.3 Å². The van der Waals surface area contributed by atoms with E-state index >= 15 is 0 Å². The lowest BCUT2D eigenvalue weighted by Gasteiger charge is -2.40. The van der Waals surface area contributed by atoms with Gasteiger partial charge in [0, 0.05) is 30.9 Å². The number of aryl methyl sites for hydroxylation is 1. The molecule has 3 aromatic rings. The van der Waals surface area contributed by atoms with Crippen LogP contribution in [-0.2, 0) is 6.54 Å². The van der Waals surface area contributed by atoms with Crippen molar-refractivity contribution in [2.24, 2.45) is 5.92 Å². The Morgan fingerprint density at radius 1 is 1.17 bits per heavy atom. The van der Waals surface area contributed by atoms with E-state index in [4.69, 9.17) is 23.5 Å². The van der Waals surface area contributed by atoms with Crippen molar-refractivity contribution >= 4 is 51.5 Å². The van der Waals surface area contributed by atoms with E-state index in [1.54, 1.807) is 42.9 Å². The van der Waals surface area contributed by atoms with E-state index < -0.39 is 5.60 Å². The highest BCUT2D eigenvalue weighted by Crippen LogP contribution is 2.27. The average molecular weight is 478 g/mol. The van der Waals surface area contributed by atoms with Crippen LogP contribution in [0.3, 0.4) is 0 Å². The third-order valence-electron chi connectivity index (χ3n) is 7.03. The van der Waals surface area contributed by atoms with E-state index in [0.29, 0.717) is 46.4 Å². The van der Waals surface area contributed by atoms with Crippen molar-refractivity contribution in [3.05, 3.63) is 59.4 Å². The lowest BCUT2D eigenvalue weighted by atomic mass is 9.76. The van der Waals surface area contributed by atoms with E-state index in [1.807, 2.05) is 18.2 Å². The van der Waals surface area contributed by atoms with Crippen LogP contribution in [0.2, 0.25) is 0 Å². The lowest BCUT2D eigenvalue weighted by molar-refractivity contribution is -0.0696. The van der Waals surface area contributed by atoms with Gasteiger partial charge in [0.1, 0.15) is 23.5 Å². The van der Waals surface area contributed by atoms with Gasteiger partial charge in [0.15, 0.2) is 0 Å². The topological polar surface area (TPSA) is 90.6 Å². The fourth-order valence-electron chi connectivity index (χ4n) is 4.64. The number of likely N-dealkylation sites (tertiary alicyclic amines) is 1. The van der Waals surface area contributed by atoms with Gasteiger partial charge in [-0.2, -0.15) is 5.10 Å². The molecular formula is C26H29B3N4O3. The maximum Gasteiger partial charge on any atom is 0.259 e. The summed E-state index contributed by atoms with van der Waals surface area (Å²) in [6.45, 7) is 5.26. The largest absolute Gasteiger partial charge is 0.393 e. The summed E-state index contributed by atoms with van der Waals surface area (Å²) in [7, 11) is 18.4. The normalized spacial score (nSPS) is 18.1. The van der Waals surface area contributed by atoms with Crippen LogP contribution < -0.4 is 21.7 Å². The summed E-state index contributed by atoms with van der Waals surface area (Å²) < 4.78 is 1.63. The number of hydrogen-bond acceptors (Lipinski definition) is 5. The maximum absolute atomic E-state index is 13.0. The first-order valence-electron chi connectivity index (χ1n) is 12.0. The van der Waals surface area contributed by atoms with Crippen molar-refractivity contribution in [3.8, 4) is 5.69 Å². The zero-order chi connectivity index (χ0) is 26.0. The number of amides is 1. The van der Waals surface area contributed by atoms with E-state index in [1.165, 1.54) is 0 Å². The molecule has 1 aliphatic heterocycles. The number of hydrogen-bond donors (Lipinski definition) is 3. The summed E-state index contributed by atoms with van der Waals surface area (Å²) in [4.78, 5) is 15.2. The van der Waals surface area contributed by atoms with Crippen LogP contribution >= 0.6 is 0 Å². The molecule has 4 rings (SSSR count). The highest BCUT2D eigenvalue weighted by molar-refractivity contribution is 6.51. The second-order valence-electron chi connectivity index (χ2n) is 9.81. The number of carbonyl (C=O) groups is 1. The second kappa shape index (κ2) is 10.7. The molecule has 36 heavy (non-hydrogen) atoms. The Hall–Kier alpha value is -2.81. The highest BCUT2D eigenvalue weighted by atomic mass is 16.3. The second-order valence-corrected chi connectivity index (χ2v) is 9.81. The Morgan fingerprint density at radius 2 is 1.89 bits per heavy atom. The zero-order valence-electron chi connectivity index (χ0n) is 20.7. The number of rotatable bonds is 7. The number of aliphatic hydroxyl groups is 2. The number of piperidine rings is 1. The van der Waals surface area contributed by atoms with Crippen LogP contribution in [-0.4, -0.2) is 79.6 Å². The molecule has 6 radical (unpaired) electrons. The molecule has 1 saturated heterocycles. The minimum Gasteiger partial charge on any atom is -0.393 e. The molecule has 2 atom stereocenters. The predicted molar refractivity (Wildman–Crippen MR) is 145 cm³/mol. The molecular weight excluding hydrogens is 449 g/mol. The van der Waals surface area contributed by atoms with Gasteiger partial charge in [0.2, 0.25) is 0 Å². The Bertz CT molecular complexity index is 1240. The molecule has 2 unspecified atom stereocenters. The van der Waals surface area contributed by atoms with Crippen LogP contribution in [0.25, 0.3) is 5.69 Å². The van der Waals surface area contributed by atoms with Crippen molar-refractivity contribution in [3.63, 3.8) is 0 Å². The summed E-state index contributed by atoms with van der Waals surface area (Å²) in [6, 6.07) is 10.8. The minimum absolute atomic E-state index is 0.0224. The summed E-state index contributed by atoms with van der Waals surface area (Å²) in [6.07, 6.45) is 3.45. The summed E-state index contributed by atoms with van der Waals surface area (Å²) >= 11 is 0. The molecule has 0 saturated carbocycles. The molecule has 0 aliphatic carbocycles. The van der Waals surface area contributed by atoms with Crippen LogP contribution in [0.5, 0.6) is 0 Å². The Morgan fingerprint density at radius 3 is 2.58 bits per heavy atom. The fraction of sp³-hybridized carbons (Fsp3) is 0.385. The Labute approximate surface area is 216 Å². The first kappa shape index (κ1) is 26.3. The van der Waals surface area contributed by atoms with E-state index in [-0.39, 0.29) is 18.4 Å². The zero-order valence-corrected chi connectivity index (χ0v) is 20.7. The first-order chi connectivity index (χ1) is 17.1. The standard InChI is InChI=1S/C26H29B3N4O3/c1-16-21(14-33(31-16)20-8-6-19(27)7-9-20)25(35)30-22-10-5-17(23(28)24(22)29)12-32-11-3-4-18(13-32)26(2,36)15-34/h5-10,14,18,34,36H,3-4,11-13,15H2,1-2H3,(H,30,35). The smallest absolute Gasteiger partial charge is 0.259 e. The molecule has 1 fully saturated rings. The SMILES string of the molecule is [B]c1ccc(-n2cc(C(=O)Nc3ccc(CN4CCCC(C(C)(O)CO)C4)c([B])c3[B])c(C)n2)cc1. The monoisotopic (exact) mass is 478 g/mol. The van der Waals surface area contributed by atoms with Gasteiger partial charge in [-0.05, 0) is 57.0 Å². The summed E-state index contributed by atoms with van der Waals surface area (Å²) in [5.74, 6) is -0.357. The van der Waals surface area contributed by atoms with Crippen LogP contribution in [0.4, 0.5) is 5.69 Å². The van der Waals surface area contributed by atoms with Gasteiger partial charge in [0.05, 0.1) is 29.2 Å². The van der Waals surface area contributed by atoms with Gasteiger partial charge in [0.25, 0.3) is 5.91 Å². The fourth-order valence-corrected chi connectivity index (χ4v) is 4.64. The summed E-state index contributed by atoms with van der Waals surface area (Å²) in [5.41, 5.74) is 3.32. The van der Waals surface area contributed by atoms with Crippen molar-refractivity contribution < 1.29 is 15.0 Å². The summed E-state index contributed by atoms with van der Waals surface area (Å²) in [5, 5.41) is 27.3. The molecule has 1 aliphatic rings. The molecule has 0 spiro atoms. The third kappa shape index (κ3) is 5.61. The number of benzene rings is 2. The van der Waals surface area contributed by atoms with Gasteiger partial charge in [-0.3, -0.25) is 9.69 Å². The van der Waals surface area contributed by atoms with Crippen molar-refractivity contribution in [2.75, 3.05) is 25.0 Å². The van der Waals surface area contributed by atoms with E-state index in [9.17, 15) is 15.0 Å². The van der Waals surface area contributed by atoms with Crippen molar-refractivity contribution in [2.45, 2.75) is 38.8 Å². The highest BCUT2D eigenvalue weighted by Gasteiger charge is 2.34. The number of anilines is 1. The number of aliphatic hydroxyl groups excluding tert-OH is 1. The van der Waals surface area contributed by atoms with E-state index in [0.717, 1.165) is 30.6 Å². The van der Waals surface area contributed by atoms with Gasteiger partial charge >= 0.3 is 0 Å². The van der Waals surface area contributed by atoms with Crippen LogP contribution in [0.15, 0.2) is 42.6 Å². The van der Waals surface area contributed by atoms with Crippen LogP contribution in [0.1, 0.15) is 41.4 Å². The molecule has 2 heterocycles.